The summed E-state index contributed by atoms with van der Waals surface area (Å²) in [4.78, 5) is 1.48. The van der Waals surface area contributed by atoms with Crippen LogP contribution in [0.25, 0.3) is 0 Å². The van der Waals surface area contributed by atoms with Crippen LogP contribution in [0, 0.1) is 0 Å². The van der Waals surface area contributed by atoms with E-state index in [0.29, 0.717) is 0 Å². The molecule has 0 bridgehead atoms. The summed E-state index contributed by atoms with van der Waals surface area (Å²) < 4.78 is 0. The smallest absolute Gasteiger partial charge is 0.00452 e. The van der Waals surface area contributed by atoms with Crippen LogP contribution >= 0.6 is 11.3 Å². The first-order valence-corrected chi connectivity index (χ1v) is 4.54. The predicted molar refractivity (Wildman–Crippen MR) is 46.3 cm³/mol. The number of rotatable bonds is 4. The molecule has 0 saturated heterocycles. The Hall–Kier alpha value is -0.340. The third kappa shape index (κ3) is 2.50. The van der Waals surface area contributed by atoms with Crippen molar-refractivity contribution in [2.24, 2.45) is 5.73 Å². The number of hydrogen-bond acceptors (Lipinski definition) is 2. The SMILES string of the molecule is NCCCCc1cccs1. The molecule has 10 heavy (non-hydrogen) atoms. The average Bonchev–Trinajstić information content (AvgIpc) is 2.41. The van der Waals surface area contributed by atoms with Crippen molar-refractivity contribution in [2.75, 3.05) is 6.54 Å². The van der Waals surface area contributed by atoms with Gasteiger partial charge in [-0.2, -0.15) is 0 Å². The molecule has 0 spiro atoms. The fraction of sp³-hybridized carbons (Fsp3) is 0.500. The van der Waals surface area contributed by atoms with Gasteiger partial charge in [0, 0.05) is 4.88 Å². The molecule has 0 fully saturated rings. The maximum absolute atomic E-state index is 5.37. The molecule has 56 valence electrons. The largest absolute Gasteiger partial charge is 0.330 e. The Bertz CT molecular complexity index is 158. The van der Waals surface area contributed by atoms with E-state index in [1.54, 1.807) is 0 Å². The summed E-state index contributed by atoms with van der Waals surface area (Å²) in [5.74, 6) is 0. The van der Waals surface area contributed by atoms with E-state index in [2.05, 4.69) is 17.5 Å². The molecule has 0 radical (unpaired) electrons. The molecule has 1 aromatic rings. The van der Waals surface area contributed by atoms with Crippen molar-refractivity contribution < 1.29 is 0 Å². The third-order valence-corrected chi connectivity index (χ3v) is 2.39. The second-order valence-corrected chi connectivity index (χ2v) is 3.36. The first-order chi connectivity index (χ1) is 4.93. The molecule has 1 heterocycles. The number of aryl methyl sites for hydroxylation is 1. The lowest BCUT2D eigenvalue weighted by Gasteiger charge is -1.93. The predicted octanol–water partition coefficient (Wildman–Crippen LogP) is 2.03. The molecule has 0 atom stereocenters. The minimum Gasteiger partial charge on any atom is -0.330 e. The van der Waals surface area contributed by atoms with E-state index < -0.39 is 0 Å². The lowest BCUT2D eigenvalue weighted by molar-refractivity contribution is 0.751. The normalized spacial score (nSPS) is 10.1. The third-order valence-electron chi connectivity index (χ3n) is 1.46. The van der Waals surface area contributed by atoms with Crippen molar-refractivity contribution >= 4 is 11.3 Å². The van der Waals surface area contributed by atoms with Crippen LogP contribution in [0.3, 0.4) is 0 Å². The molecule has 0 aliphatic carbocycles. The number of unbranched alkanes of at least 4 members (excludes halogenated alkanes) is 1. The van der Waals surface area contributed by atoms with Crippen molar-refractivity contribution in [3.05, 3.63) is 22.4 Å². The van der Waals surface area contributed by atoms with Gasteiger partial charge in [0.2, 0.25) is 0 Å². The highest BCUT2D eigenvalue weighted by molar-refractivity contribution is 7.09. The van der Waals surface area contributed by atoms with Gasteiger partial charge < -0.3 is 5.73 Å². The molecule has 2 N–H and O–H groups in total. The Balaban J connectivity index is 2.15. The lowest BCUT2D eigenvalue weighted by atomic mass is 10.2. The molecule has 0 saturated carbocycles. The van der Waals surface area contributed by atoms with Crippen LogP contribution in [0.2, 0.25) is 0 Å². The molecular weight excluding hydrogens is 142 g/mol. The van der Waals surface area contributed by atoms with Crippen LogP contribution in [0.4, 0.5) is 0 Å². The zero-order chi connectivity index (χ0) is 7.23. The van der Waals surface area contributed by atoms with Gasteiger partial charge in [0.05, 0.1) is 0 Å². The highest BCUT2D eigenvalue weighted by Gasteiger charge is 1.91. The molecule has 1 aromatic heterocycles. The Labute approximate surface area is 65.9 Å². The van der Waals surface area contributed by atoms with Gasteiger partial charge in [-0.1, -0.05) is 6.07 Å². The Morgan fingerprint density at radius 1 is 1.40 bits per heavy atom. The van der Waals surface area contributed by atoms with E-state index in [9.17, 15) is 0 Å². The van der Waals surface area contributed by atoms with Gasteiger partial charge in [0.1, 0.15) is 0 Å². The fourth-order valence-electron chi connectivity index (χ4n) is 0.898. The van der Waals surface area contributed by atoms with Crippen LogP contribution in [-0.2, 0) is 6.42 Å². The van der Waals surface area contributed by atoms with Crippen LogP contribution in [0.1, 0.15) is 17.7 Å². The van der Waals surface area contributed by atoms with Crippen LogP contribution in [0.5, 0.6) is 0 Å². The van der Waals surface area contributed by atoms with Gasteiger partial charge in [-0.05, 0) is 37.3 Å². The average molecular weight is 155 g/mol. The van der Waals surface area contributed by atoms with Gasteiger partial charge in [-0.3, -0.25) is 0 Å². The van der Waals surface area contributed by atoms with Crippen molar-refractivity contribution in [1.29, 1.82) is 0 Å². The van der Waals surface area contributed by atoms with E-state index in [1.165, 1.54) is 17.7 Å². The van der Waals surface area contributed by atoms with Crippen LogP contribution < -0.4 is 5.73 Å². The van der Waals surface area contributed by atoms with E-state index in [4.69, 9.17) is 5.73 Å². The fourth-order valence-corrected chi connectivity index (χ4v) is 1.65. The first kappa shape index (κ1) is 7.76. The van der Waals surface area contributed by atoms with E-state index >= 15 is 0 Å². The molecule has 1 nitrogen and oxygen atoms in total. The highest BCUT2D eigenvalue weighted by atomic mass is 32.1. The van der Waals surface area contributed by atoms with Crippen LogP contribution in [0.15, 0.2) is 17.5 Å². The standard InChI is InChI=1S/C8H13NS/c9-6-2-1-4-8-5-3-7-10-8/h3,5,7H,1-2,4,6,9H2. The second-order valence-electron chi connectivity index (χ2n) is 2.33. The summed E-state index contributed by atoms with van der Waals surface area (Å²) in [6.07, 6.45) is 3.59. The molecule has 0 unspecified atom stereocenters. The number of thiophene rings is 1. The minimum absolute atomic E-state index is 0.825. The zero-order valence-electron chi connectivity index (χ0n) is 6.05. The Kier molecular flexibility index (Phi) is 3.47. The van der Waals surface area contributed by atoms with Gasteiger partial charge in [-0.25, -0.2) is 0 Å². The summed E-state index contributed by atoms with van der Waals surface area (Å²) in [6, 6.07) is 4.28. The summed E-state index contributed by atoms with van der Waals surface area (Å²) in [5.41, 5.74) is 5.37. The summed E-state index contributed by atoms with van der Waals surface area (Å²) >= 11 is 1.83. The van der Waals surface area contributed by atoms with Gasteiger partial charge in [0.25, 0.3) is 0 Å². The van der Waals surface area contributed by atoms with Crippen molar-refractivity contribution in [3.63, 3.8) is 0 Å². The topological polar surface area (TPSA) is 26.0 Å². The maximum atomic E-state index is 5.37. The number of nitrogens with two attached hydrogens (primary N) is 1. The van der Waals surface area contributed by atoms with Crippen molar-refractivity contribution in [3.8, 4) is 0 Å². The van der Waals surface area contributed by atoms with Gasteiger partial charge in [-0.15, -0.1) is 11.3 Å². The van der Waals surface area contributed by atoms with Gasteiger partial charge in [0.15, 0.2) is 0 Å². The van der Waals surface area contributed by atoms with Crippen LogP contribution in [-0.4, -0.2) is 6.54 Å². The highest BCUT2D eigenvalue weighted by Crippen LogP contribution is 2.11. The van der Waals surface area contributed by atoms with Crippen molar-refractivity contribution in [1.82, 2.24) is 0 Å². The Morgan fingerprint density at radius 3 is 2.90 bits per heavy atom. The number of hydrogen-bond donors (Lipinski definition) is 1. The monoisotopic (exact) mass is 155 g/mol. The first-order valence-electron chi connectivity index (χ1n) is 3.66. The zero-order valence-corrected chi connectivity index (χ0v) is 6.86. The quantitative estimate of drug-likeness (QED) is 0.661. The lowest BCUT2D eigenvalue weighted by Crippen LogP contribution is -1.98. The molecule has 0 aliphatic heterocycles. The maximum Gasteiger partial charge on any atom is 0.00452 e. The van der Waals surface area contributed by atoms with E-state index in [0.717, 1.165) is 13.0 Å². The molecule has 1 rings (SSSR count). The Morgan fingerprint density at radius 2 is 2.30 bits per heavy atom. The molecule has 0 amide bonds. The van der Waals surface area contributed by atoms with E-state index in [1.807, 2.05) is 11.3 Å². The summed E-state index contributed by atoms with van der Waals surface area (Å²) in [7, 11) is 0. The minimum atomic E-state index is 0.825. The summed E-state index contributed by atoms with van der Waals surface area (Å²) in [5, 5.41) is 2.12. The van der Waals surface area contributed by atoms with E-state index in [-0.39, 0.29) is 0 Å². The van der Waals surface area contributed by atoms with Gasteiger partial charge >= 0.3 is 0 Å². The second kappa shape index (κ2) is 4.47. The molecule has 0 aromatic carbocycles. The van der Waals surface area contributed by atoms with Crippen molar-refractivity contribution in [2.45, 2.75) is 19.3 Å². The molecule has 0 aliphatic rings. The molecule has 2 heteroatoms. The molecular formula is C8H13NS. The summed E-state index contributed by atoms with van der Waals surface area (Å²) in [6.45, 7) is 0.825.